The van der Waals surface area contributed by atoms with E-state index >= 15 is 0 Å². The first-order chi connectivity index (χ1) is 7.67. The van der Waals surface area contributed by atoms with Crippen LogP contribution in [0.4, 0.5) is 0 Å². The summed E-state index contributed by atoms with van der Waals surface area (Å²) >= 11 is 3.29. The number of aliphatic hydroxyl groups is 1. The summed E-state index contributed by atoms with van der Waals surface area (Å²) in [6, 6.07) is 6.67. The molecule has 1 aromatic carbocycles. The smallest absolute Gasteiger partial charge is 0.251 e. The Kier molecular flexibility index (Phi) is 5.45. The first kappa shape index (κ1) is 13.2. The molecule has 1 rings (SSSR count). The molecule has 0 radical (unpaired) electrons. The molecule has 0 saturated carbocycles. The normalized spacial score (nSPS) is 12.2. The SMILES string of the molecule is COCC(CO)NC(=O)c1cccc(Br)c1. The van der Waals surface area contributed by atoms with Crippen molar-refractivity contribution >= 4 is 21.8 Å². The predicted octanol–water partition coefficient (Wildman–Crippen LogP) is 1.19. The van der Waals surface area contributed by atoms with E-state index in [4.69, 9.17) is 9.84 Å². The second-order valence-corrected chi connectivity index (χ2v) is 4.23. The van der Waals surface area contributed by atoms with Crippen molar-refractivity contribution in [3.8, 4) is 0 Å². The zero-order valence-corrected chi connectivity index (χ0v) is 10.5. The third kappa shape index (κ3) is 3.92. The van der Waals surface area contributed by atoms with E-state index < -0.39 is 0 Å². The fourth-order valence-corrected chi connectivity index (χ4v) is 1.64. The maximum atomic E-state index is 11.7. The third-order valence-electron chi connectivity index (χ3n) is 2.01. The van der Waals surface area contributed by atoms with Crippen LogP contribution in [0.25, 0.3) is 0 Å². The lowest BCUT2D eigenvalue weighted by atomic mass is 10.2. The van der Waals surface area contributed by atoms with Crippen LogP contribution in [-0.2, 0) is 4.74 Å². The molecule has 16 heavy (non-hydrogen) atoms. The molecule has 0 aromatic heterocycles. The Morgan fingerprint density at radius 1 is 1.62 bits per heavy atom. The van der Waals surface area contributed by atoms with Crippen molar-refractivity contribution in [3.05, 3.63) is 34.3 Å². The topological polar surface area (TPSA) is 58.6 Å². The van der Waals surface area contributed by atoms with Crippen LogP contribution in [0.5, 0.6) is 0 Å². The van der Waals surface area contributed by atoms with Crippen LogP contribution in [0.2, 0.25) is 0 Å². The average Bonchev–Trinajstić information content (AvgIpc) is 2.28. The maximum absolute atomic E-state index is 11.7. The Hall–Kier alpha value is -0.910. The van der Waals surface area contributed by atoms with E-state index in [-0.39, 0.29) is 25.2 Å². The number of methoxy groups -OCH3 is 1. The first-order valence-corrected chi connectivity index (χ1v) is 5.63. The Morgan fingerprint density at radius 3 is 2.94 bits per heavy atom. The van der Waals surface area contributed by atoms with E-state index in [1.54, 1.807) is 18.2 Å². The zero-order valence-electron chi connectivity index (χ0n) is 8.94. The number of benzene rings is 1. The van der Waals surface area contributed by atoms with Gasteiger partial charge in [-0.15, -0.1) is 0 Å². The number of carbonyl (C=O) groups is 1. The standard InChI is InChI=1S/C11H14BrNO3/c1-16-7-10(6-14)13-11(15)8-3-2-4-9(12)5-8/h2-5,10,14H,6-7H2,1H3,(H,13,15). The van der Waals surface area contributed by atoms with Crippen LogP contribution in [0, 0.1) is 0 Å². The summed E-state index contributed by atoms with van der Waals surface area (Å²) in [6.45, 7) is 0.143. The first-order valence-electron chi connectivity index (χ1n) is 4.83. The van der Waals surface area contributed by atoms with Crippen molar-refractivity contribution < 1.29 is 14.6 Å². The largest absolute Gasteiger partial charge is 0.394 e. The Labute approximate surface area is 103 Å². The highest BCUT2D eigenvalue weighted by Gasteiger charge is 2.12. The van der Waals surface area contributed by atoms with Gasteiger partial charge in [0, 0.05) is 17.1 Å². The number of aliphatic hydroxyl groups excluding tert-OH is 1. The fourth-order valence-electron chi connectivity index (χ4n) is 1.24. The van der Waals surface area contributed by atoms with E-state index in [1.807, 2.05) is 6.07 Å². The number of hydrogen-bond acceptors (Lipinski definition) is 3. The molecule has 0 saturated heterocycles. The minimum absolute atomic E-state index is 0.145. The Morgan fingerprint density at radius 2 is 2.38 bits per heavy atom. The molecule has 0 aliphatic rings. The molecule has 2 N–H and O–H groups in total. The lowest BCUT2D eigenvalue weighted by Gasteiger charge is -2.15. The van der Waals surface area contributed by atoms with Gasteiger partial charge in [-0.05, 0) is 18.2 Å². The summed E-state index contributed by atoms with van der Waals surface area (Å²) in [7, 11) is 1.52. The molecule has 0 fully saturated rings. The molecule has 0 spiro atoms. The van der Waals surface area contributed by atoms with E-state index in [9.17, 15) is 4.79 Å². The lowest BCUT2D eigenvalue weighted by molar-refractivity contribution is 0.0839. The second kappa shape index (κ2) is 6.62. The van der Waals surface area contributed by atoms with Crippen molar-refractivity contribution in [3.63, 3.8) is 0 Å². The van der Waals surface area contributed by atoms with Gasteiger partial charge in [0.2, 0.25) is 0 Å². The molecular formula is C11H14BrNO3. The van der Waals surface area contributed by atoms with Crippen LogP contribution in [0.1, 0.15) is 10.4 Å². The number of nitrogens with one attached hydrogen (secondary N) is 1. The zero-order chi connectivity index (χ0) is 12.0. The maximum Gasteiger partial charge on any atom is 0.251 e. The summed E-state index contributed by atoms with van der Waals surface area (Å²) < 4.78 is 5.71. The minimum Gasteiger partial charge on any atom is -0.394 e. The number of carbonyl (C=O) groups excluding carboxylic acids is 1. The molecule has 0 heterocycles. The highest BCUT2D eigenvalue weighted by Crippen LogP contribution is 2.11. The van der Waals surface area contributed by atoms with Gasteiger partial charge in [-0.2, -0.15) is 0 Å². The van der Waals surface area contributed by atoms with Gasteiger partial charge < -0.3 is 15.2 Å². The van der Waals surface area contributed by atoms with E-state index in [2.05, 4.69) is 21.2 Å². The fraction of sp³-hybridized carbons (Fsp3) is 0.364. The molecule has 1 aromatic rings. The molecule has 0 aliphatic carbocycles. The van der Waals surface area contributed by atoms with Crippen LogP contribution in [0.3, 0.4) is 0 Å². The van der Waals surface area contributed by atoms with Gasteiger partial charge in [0.1, 0.15) is 0 Å². The Balaban J connectivity index is 2.64. The van der Waals surface area contributed by atoms with E-state index in [1.165, 1.54) is 7.11 Å². The summed E-state index contributed by atoms with van der Waals surface area (Å²) in [5, 5.41) is 11.7. The van der Waals surface area contributed by atoms with Gasteiger partial charge in [0.15, 0.2) is 0 Å². The van der Waals surface area contributed by atoms with E-state index in [0.717, 1.165) is 4.47 Å². The highest BCUT2D eigenvalue weighted by molar-refractivity contribution is 9.10. The number of hydrogen-bond donors (Lipinski definition) is 2. The molecule has 1 amide bonds. The van der Waals surface area contributed by atoms with Gasteiger partial charge in [-0.1, -0.05) is 22.0 Å². The summed E-state index contributed by atoms with van der Waals surface area (Å²) in [6.07, 6.45) is 0. The van der Waals surface area contributed by atoms with Gasteiger partial charge in [-0.3, -0.25) is 4.79 Å². The predicted molar refractivity (Wildman–Crippen MR) is 64.4 cm³/mol. The molecule has 88 valence electrons. The quantitative estimate of drug-likeness (QED) is 0.855. The van der Waals surface area contributed by atoms with Crippen molar-refractivity contribution in [1.29, 1.82) is 0 Å². The van der Waals surface area contributed by atoms with Crippen molar-refractivity contribution in [2.45, 2.75) is 6.04 Å². The van der Waals surface area contributed by atoms with Gasteiger partial charge in [0.25, 0.3) is 5.91 Å². The van der Waals surface area contributed by atoms with Gasteiger partial charge >= 0.3 is 0 Å². The lowest BCUT2D eigenvalue weighted by Crippen LogP contribution is -2.40. The van der Waals surface area contributed by atoms with Crippen LogP contribution in [0.15, 0.2) is 28.7 Å². The molecule has 1 atom stereocenters. The Bertz CT molecular complexity index is 357. The summed E-state index contributed by atoms with van der Waals surface area (Å²) in [4.78, 5) is 11.7. The van der Waals surface area contributed by atoms with Crippen molar-refractivity contribution in [1.82, 2.24) is 5.32 Å². The number of ether oxygens (including phenoxy) is 1. The van der Waals surface area contributed by atoms with Gasteiger partial charge in [-0.25, -0.2) is 0 Å². The molecule has 1 unspecified atom stereocenters. The minimum atomic E-state index is -0.378. The number of rotatable bonds is 5. The average molecular weight is 288 g/mol. The van der Waals surface area contributed by atoms with Gasteiger partial charge in [0.05, 0.1) is 19.3 Å². The van der Waals surface area contributed by atoms with Crippen molar-refractivity contribution in [2.75, 3.05) is 20.3 Å². The summed E-state index contributed by atoms with van der Waals surface area (Å²) in [5.41, 5.74) is 0.545. The molecule has 0 aliphatic heterocycles. The van der Waals surface area contributed by atoms with Crippen molar-refractivity contribution in [2.24, 2.45) is 0 Å². The highest BCUT2D eigenvalue weighted by atomic mass is 79.9. The molecule has 0 bridgehead atoms. The van der Waals surface area contributed by atoms with Crippen LogP contribution >= 0.6 is 15.9 Å². The molecular weight excluding hydrogens is 274 g/mol. The van der Waals surface area contributed by atoms with E-state index in [0.29, 0.717) is 5.56 Å². The number of halogens is 1. The molecule has 4 nitrogen and oxygen atoms in total. The third-order valence-corrected chi connectivity index (χ3v) is 2.50. The summed E-state index contributed by atoms with van der Waals surface area (Å²) in [5.74, 6) is -0.225. The molecule has 5 heteroatoms. The monoisotopic (exact) mass is 287 g/mol. The second-order valence-electron chi connectivity index (χ2n) is 3.32. The number of amides is 1. The van der Waals surface area contributed by atoms with Crippen LogP contribution < -0.4 is 5.32 Å². The van der Waals surface area contributed by atoms with Crippen LogP contribution in [-0.4, -0.2) is 37.4 Å².